The third-order valence-corrected chi connectivity index (χ3v) is 2.45. The first-order valence-corrected chi connectivity index (χ1v) is 4.94. The van der Waals surface area contributed by atoms with Crippen molar-refractivity contribution in [3.8, 4) is 0 Å². The van der Waals surface area contributed by atoms with Crippen LogP contribution in [0.15, 0.2) is 0 Å². The number of likely N-dealkylation sites (N-methyl/N-ethyl adjacent to an activating group) is 2. The summed E-state index contributed by atoms with van der Waals surface area (Å²) < 4.78 is 0. The minimum atomic E-state index is 1.09. The van der Waals surface area contributed by atoms with Crippen LogP contribution >= 0.6 is 0 Å². The molecule has 1 saturated heterocycles. The number of nitrogens with one attached hydrogen (secondary N) is 1. The second kappa shape index (κ2) is 5.51. The van der Waals surface area contributed by atoms with Crippen LogP contribution < -0.4 is 5.32 Å². The first-order valence-electron chi connectivity index (χ1n) is 4.94. The van der Waals surface area contributed by atoms with Crippen molar-refractivity contribution in [2.75, 3.05) is 52.9 Å². The molecule has 1 rings (SSSR count). The van der Waals surface area contributed by atoms with Crippen molar-refractivity contribution in [1.29, 1.82) is 0 Å². The van der Waals surface area contributed by atoms with E-state index in [0.29, 0.717) is 0 Å². The van der Waals surface area contributed by atoms with Gasteiger partial charge >= 0.3 is 0 Å². The van der Waals surface area contributed by atoms with Gasteiger partial charge in [-0.2, -0.15) is 0 Å². The largest absolute Gasteiger partial charge is 0.316 e. The van der Waals surface area contributed by atoms with E-state index in [2.05, 4.69) is 29.1 Å². The molecule has 0 radical (unpaired) electrons. The van der Waals surface area contributed by atoms with Crippen LogP contribution in [-0.4, -0.2) is 62.7 Å². The number of hydrogen-bond acceptors (Lipinski definition) is 3. The molecule has 0 bridgehead atoms. The molecule has 0 amide bonds. The van der Waals surface area contributed by atoms with E-state index in [1.54, 1.807) is 0 Å². The predicted octanol–water partition coefficient (Wildman–Crippen LogP) is -0.157. The van der Waals surface area contributed by atoms with Crippen LogP contribution in [0.1, 0.15) is 6.92 Å². The predicted molar refractivity (Wildman–Crippen MR) is 52.5 cm³/mol. The molecule has 0 saturated carbocycles. The molecule has 0 atom stereocenters. The third kappa shape index (κ3) is 3.52. The van der Waals surface area contributed by atoms with Crippen LogP contribution in [0.2, 0.25) is 0 Å². The summed E-state index contributed by atoms with van der Waals surface area (Å²) in [6.07, 6.45) is 0. The molecule has 3 nitrogen and oxygen atoms in total. The molecule has 1 fully saturated rings. The molecule has 0 aromatic carbocycles. The topological polar surface area (TPSA) is 18.5 Å². The molecule has 12 heavy (non-hydrogen) atoms. The van der Waals surface area contributed by atoms with Crippen LogP contribution in [0, 0.1) is 0 Å². The SMILES string of the molecule is CCNCCN1CCN(C)CC1. The number of hydrogen-bond donors (Lipinski definition) is 1. The maximum Gasteiger partial charge on any atom is 0.0110 e. The van der Waals surface area contributed by atoms with Crippen molar-refractivity contribution in [1.82, 2.24) is 15.1 Å². The molecule has 1 heterocycles. The summed E-state index contributed by atoms with van der Waals surface area (Å²) >= 11 is 0. The quantitative estimate of drug-likeness (QED) is 0.593. The molecule has 0 spiro atoms. The Balaban J connectivity index is 2.01. The van der Waals surface area contributed by atoms with E-state index >= 15 is 0 Å². The van der Waals surface area contributed by atoms with Gasteiger partial charge in [0.15, 0.2) is 0 Å². The van der Waals surface area contributed by atoms with Crippen molar-refractivity contribution >= 4 is 0 Å². The summed E-state index contributed by atoms with van der Waals surface area (Å²) in [5.74, 6) is 0. The first kappa shape index (κ1) is 9.96. The molecule has 0 aliphatic carbocycles. The van der Waals surface area contributed by atoms with Crippen LogP contribution in [-0.2, 0) is 0 Å². The molecular formula is C9H21N3. The van der Waals surface area contributed by atoms with Gasteiger partial charge in [-0.1, -0.05) is 6.92 Å². The summed E-state index contributed by atoms with van der Waals surface area (Å²) in [5, 5.41) is 3.35. The van der Waals surface area contributed by atoms with Gasteiger partial charge in [0.05, 0.1) is 0 Å². The van der Waals surface area contributed by atoms with Gasteiger partial charge in [-0.15, -0.1) is 0 Å². The van der Waals surface area contributed by atoms with Crippen molar-refractivity contribution in [2.24, 2.45) is 0 Å². The van der Waals surface area contributed by atoms with Crippen LogP contribution in [0.25, 0.3) is 0 Å². The van der Waals surface area contributed by atoms with Gasteiger partial charge in [0.2, 0.25) is 0 Å². The summed E-state index contributed by atoms with van der Waals surface area (Å²) in [5.41, 5.74) is 0. The lowest BCUT2D eigenvalue weighted by Crippen LogP contribution is -2.46. The lowest BCUT2D eigenvalue weighted by molar-refractivity contribution is 0.155. The Kier molecular flexibility index (Phi) is 4.58. The van der Waals surface area contributed by atoms with E-state index in [9.17, 15) is 0 Å². The monoisotopic (exact) mass is 171 g/mol. The minimum Gasteiger partial charge on any atom is -0.316 e. The highest BCUT2D eigenvalue weighted by atomic mass is 15.2. The molecular weight excluding hydrogens is 150 g/mol. The highest BCUT2D eigenvalue weighted by molar-refractivity contribution is 4.69. The van der Waals surface area contributed by atoms with Crippen molar-refractivity contribution in [3.05, 3.63) is 0 Å². The fraction of sp³-hybridized carbons (Fsp3) is 1.00. The Morgan fingerprint density at radius 1 is 1.17 bits per heavy atom. The Morgan fingerprint density at radius 3 is 2.42 bits per heavy atom. The Labute approximate surface area is 75.7 Å². The van der Waals surface area contributed by atoms with E-state index in [0.717, 1.165) is 13.1 Å². The van der Waals surface area contributed by atoms with Gasteiger partial charge < -0.3 is 10.2 Å². The van der Waals surface area contributed by atoms with E-state index in [4.69, 9.17) is 0 Å². The minimum absolute atomic E-state index is 1.09. The number of rotatable bonds is 4. The Hall–Kier alpha value is -0.120. The van der Waals surface area contributed by atoms with E-state index in [-0.39, 0.29) is 0 Å². The van der Waals surface area contributed by atoms with Crippen LogP contribution in [0.3, 0.4) is 0 Å². The van der Waals surface area contributed by atoms with E-state index in [1.165, 1.54) is 32.7 Å². The summed E-state index contributed by atoms with van der Waals surface area (Å²) in [6.45, 7) is 10.5. The zero-order valence-corrected chi connectivity index (χ0v) is 8.34. The third-order valence-electron chi connectivity index (χ3n) is 2.45. The highest BCUT2D eigenvalue weighted by Gasteiger charge is 2.12. The van der Waals surface area contributed by atoms with Crippen molar-refractivity contribution in [3.63, 3.8) is 0 Å². The molecule has 0 aromatic heterocycles. The van der Waals surface area contributed by atoms with Gasteiger partial charge in [-0.05, 0) is 13.6 Å². The maximum absolute atomic E-state index is 3.35. The van der Waals surface area contributed by atoms with Crippen LogP contribution in [0.4, 0.5) is 0 Å². The molecule has 1 N–H and O–H groups in total. The summed E-state index contributed by atoms with van der Waals surface area (Å²) in [6, 6.07) is 0. The highest BCUT2D eigenvalue weighted by Crippen LogP contribution is 1.97. The van der Waals surface area contributed by atoms with Gasteiger partial charge in [0, 0.05) is 39.3 Å². The smallest absolute Gasteiger partial charge is 0.0110 e. The number of piperazine rings is 1. The van der Waals surface area contributed by atoms with Crippen LogP contribution in [0.5, 0.6) is 0 Å². The fourth-order valence-corrected chi connectivity index (χ4v) is 1.49. The summed E-state index contributed by atoms with van der Waals surface area (Å²) in [7, 11) is 2.20. The van der Waals surface area contributed by atoms with Gasteiger partial charge in [-0.3, -0.25) is 4.90 Å². The van der Waals surface area contributed by atoms with Crippen molar-refractivity contribution < 1.29 is 0 Å². The van der Waals surface area contributed by atoms with Gasteiger partial charge in [0.1, 0.15) is 0 Å². The second-order valence-electron chi connectivity index (χ2n) is 3.50. The first-order chi connectivity index (χ1) is 5.83. The average Bonchev–Trinajstić information content (AvgIpc) is 2.09. The van der Waals surface area contributed by atoms with Gasteiger partial charge in [-0.25, -0.2) is 0 Å². The van der Waals surface area contributed by atoms with E-state index in [1.807, 2.05) is 0 Å². The zero-order chi connectivity index (χ0) is 8.81. The molecule has 0 aromatic rings. The Morgan fingerprint density at radius 2 is 1.83 bits per heavy atom. The summed E-state index contributed by atoms with van der Waals surface area (Å²) in [4.78, 5) is 4.92. The fourth-order valence-electron chi connectivity index (χ4n) is 1.49. The standard InChI is InChI=1S/C9H21N3/c1-3-10-4-5-12-8-6-11(2)7-9-12/h10H,3-9H2,1-2H3. The molecule has 72 valence electrons. The lowest BCUT2D eigenvalue weighted by atomic mass is 10.3. The van der Waals surface area contributed by atoms with E-state index < -0.39 is 0 Å². The molecule has 1 aliphatic rings. The normalized spacial score (nSPS) is 21.5. The second-order valence-corrected chi connectivity index (χ2v) is 3.50. The number of nitrogens with zero attached hydrogens (tertiary/aromatic N) is 2. The molecule has 3 heteroatoms. The molecule has 1 aliphatic heterocycles. The Bertz CT molecular complexity index is 108. The van der Waals surface area contributed by atoms with Crippen molar-refractivity contribution in [2.45, 2.75) is 6.92 Å². The average molecular weight is 171 g/mol. The van der Waals surface area contributed by atoms with Gasteiger partial charge in [0.25, 0.3) is 0 Å². The maximum atomic E-state index is 3.35. The zero-order valence-electron chi connectivity index (χ0n) is 8.34. The lowest BCUT2D eigenvalue weighted by Gasteiger charge is -2.32. The molecule has 0 unspecified atom stereocenters.